The van der Waals surface area contributed by atoms with Gasteiger partial charge in [0.05, 0.1) is 0 Å². The predicted octanol–water partition coefficient (Wildman–Crippen LogP) is 1.82. The molecule has 1 amide bonds. The average molecular weight is 275 g/mol. The number of carbonyl (C=O) groups is 1. The third-order valence-corrected chi connectivity index (χ3v) is 4.17. The molecule has 20 heavy (non-hydrogen) atoms. The number of nitrogens with zero attached hydrogens (tertiary/aromatic N) is 2. The van der Waals surface area contributed by atoms with Crippen molar-refractivity contribution in [3.63, 3.8) is 0 Å². The highest BCUT2D eigenvalue weighted by Gasteiger charge is 2.28. The molecule has 0 bridgehead atoms. The number of benzene rings is 1. The second-order valence-corrected chi connectivity index (χ2v) is 5.86. The van der Waals surface area contributed by atoms with E-state index in [1.807, 2.05) is 55.2 Å². The molecule has 2 rings (SSSR count). The molecule has 2 unspecified atom stereocenters. The number of nitrogens with one attached hydrogen (secondary N) is 1. The van der Waals surface area contributed by atoms with Crippen LogP contribution in [-0.2, 0) is 0 Å². The predicted molar refractivity (Wildman–Crippen MR) is 83.3 cm³/mol. The summed E-state index contributed by atoms with van der Waals surface area (Å²) in [5, 5.41) is 3.33. The molecule has 4 nitrogen and oxygen atoms in total. The van der Waals surface area contributed by atoms with Gasteiger partial charge in [0.2, 0.25) is 0 Å². The van der Waals surface area contributed by atoms with E-state index in [9.17, 15) is 4.79 Å². The first-order valence-corrected chi connectivity index (χ1v) is 7.27. The smallest absolute Gasteiger partial charge is 0.253 e. The van der Waals surface area contributed by atoms with Crippen LogP contribution in [0.2, 0.25) is 0 Å². The Hall–Kier alpha value is -1.55. The van der Waals surface area contributed by atoms with E-state index in [0.29, 0.717) is 12.0 Å². The van der Waals surface area contributed by atoms with Crippen molar-refractivity contribution >= 4 is 11.6 Å². The zero-order valence-corrected chi connectivity index (χ0v) is 12.9. The molecular weight excluding hydrogens is 250 g/mol. The molecule has 0 aliphatic carbocycles. The van der Waals surface area contributed by atoms with Crippen LogP contribution in [0.4, 0.5) is 5.69 Å². The Bertz CT molecular complexity index is 473. The number of rotatable bonds is 3. The minimum Gasteiger partial charge on any atom is -0.378 e. The van der Waals surface area contributed by atoms with E-state index in [4.69, 9.17) is 0 Å². The summed E-state index contributed by atoms with van der Waals surface area (Å²) in [6, 6.07) is 8.37. The van der Waals surface area contributed by atoms with E-state index in [2.05, 4.69) is 12.2 Å². The summed E-state index contributed by atoms with van der Waals surface area (Å²) in [5.41, 5.74) is 1.85. The fourth-order valence-electron chi connectivity index (χ4n) is 2.86. The van der Waals surface area contributed by atoms with Crippen LogP contribution in [-0.4, -0.2) is 51.1 Å². The number of hydrogen-bond acceptors (Lipinski definition) is 3. The summed E-state index contributed by atoms with van der Waals surface area (Å²) < 4.78 is 0. The van der Waals surface area contributed by atoms with E-state index in [1.165, 1.54) is 0 Å². The molecule has 1 aromatic carbocycles. The standard InChI is InChI=1S/C16H25N3O/c1-12-11-19(9-8-15(12)17-2)16(20)13-6-5-7-14(10-13)18(3)4/h5-7,10,12,15,17H,8-9,11H2,1-4H3. The topological polar surface area (TPSA) is 35.6 Å². The van der Waals surface area contributed by atoms with Gasteiger partial charge in [-0.05, 0) is 37.6 Å². The molecule has 4 heteroatoms. The first-order chi connectivity index (χ1) is 9.52. The molecule has 1 aliphatic rings. The summed E-state index contributed by atoms with van der Waals surface area (Å²) in [7, 11) is 5.98. The lowest BCUT2D eigenvalue weighted by Gasteiger charge is -2.37. The van der Waals surface area contributed by atoms with E-state index in [-0.39, 0.29) is 5.91 Å². The summed E-state index contributed by atoms with van der Waals surface area (Å²) in [6.45, 7) is 3.87. The highest BCUT2D eigenvalue weighted by Crippen LogP contribution is 2.20. The number of anilines is 1. The van der Waals surface area contributed by atoms with Crippen molar-refractivity contribution in [3.8, 4) is 0 Å². The van der Waals surface area contributed by atoms with Gasteiger partial charge in [0.1, 0.15) is 0 Å². The van der Waals surface area contributed by atoms with Crippen molar-refractivity contribution in [1.29, 1.82) is 0 Å². The van der Waals surface area contributed by atoms with Gasteiger partial charge < -0.3 is 15.1 Å². The van der Waals surface area contributed by atoms with Crippen LogP contribution in [0, 0.1) is 5.92 Å². The molecule has 1 aliphatic heterocycles. The Morgan fingerprint density at radius 3 is 2.75 bits per heavy atom. The van der Waals surface area contributed by atoms with Crippen molar-refractivity contribution in [2.45, 2.75) is 19.4 Å². The third kappa shape index (κ3) is 3.12. The molecule has 0 radical (unpaired) electrons. The summed E-state index contributed by atoms with van der Waals surface area (Å²) >= 11 is 0. The van der Waals surface area contributed by atoms with Crippen molar-refractivity contribution in [1.82, 2.24) is 10.2 Å². The van der Waals surface area contributed by atoms with Gasteiger partial charge in [0.25, 0.3) is 5.91 Å². The fourth-order valence-corrected chi connectivity index (χ4v) is 2.86. The molecule has 0 spiro atoms. The number of likely N-dealkylation sites (tertiary alicyclic amines) is 1. The Morgan fingerprint density at radius 1 is 1.40 bits per heavy atom. The number of carbonyl (C=O) groups excluding carboxylic acids is 1. The van der Waals surface area contributed by atoms with Gasteiger partial charge in [-0.1, -0.05) is 13.0 Å². The van der Waals surface area contributed by atoms with Gasteiger partial charge in [-0.2, -0.15) is 0 Å². The quantitative estimate of drug-likeness (QED) is 0.914. The summed E-state index contributed by atoms with van der Waals surface area (Å²) in [4.78, 5) is 16.6. The fraction of sp³-hybridized carbons (Fsp3) is 0.562. The Balaban J connectivity index is 2.10. The van der Waals surface area contributed by atoms with E-state index >= 15 is 0 Å². The zero-order valence-electron chi connectivity index (χ0n) is 12.9. The average Bonchev–Trinajstić information content (AvgIpc) is 2.46. The second-order valence-electron chi connectivity index (χ2n) is 5.86. The SMILES string of the molecule is CNC1CCN(C(=O)c2cccc(N(C)C)c2)CC1C. The van der Waals surface area contributed by atoms with Gasteiger partial charge in [-0.3, -0.25) is 4.79 Å². The maximum absolute atomic E-state index is 12.6. The lowest BCUT2D eigenvalue weighted by Crippen LogP contribution is -2.49. The first kappa shape index (κ1) is 14.9. The molecule has 1 saturated heterocycles. The van der Waals surface area contributed by atoms with Crippen molar-refractivity contribution < 1.29 is 4.79 Å². The van der Waals surface area contributed by atoms with E-state index in [0.717, 1.165) is 30.8 Å². The van der Waals surface area contributed by atoms with Crippen LogP contribution in [0.15, 0.2) is 24.3 Å². The van der Waals surface area contributed by atoms with Gasteiger partial charge in [-0.15, -0.1) is 0 Å². The zero-order chi connectivity index (χ0) is 14.7. The lowest BCUT2D eigenvalue weighted by atomic mass is 9.93. The number of hydrogen-bond donors (Lipinski definition) is 1. The monoisotopic (exact) mass is 275 g/mol. The Kier molecular flexibility index (Phi) is 4.65. The summed E-state index contributed by atoms with van der Waals surface area (Å²) in [6.07, 6.45) is 1.02. The maximum Gasteiger partial charge on any atom is 0.253 e. The minimum absolute atomic E-state index is 0.148. The van der Waals surface area contributed by atoms with Crippen LogP contribution in [0.1, 0.15) is 23.7 Å². The van der Waals surface area contributed by atoms with Crippen LogP contribution >= 0.6 is 0 Å². The molecule has 1 aromatic rings. The van der Waals surface area contributed by atoms with E-state index < -0.39 is 0 Å². The van der Waals surface area contributed by atoms with Crippen LogP contribution in [0.3, 0.4) is 0 Å². The molecule has 1 N–H and O–H groups in total. The second kappa shape index (κ2) is 6.27. The third-order valence-electron chi connectivity index (χ3n) is 4.17. The van der Waals surface area contributed by atoms with Crippen molar-refractivity contribution in [2.75, 3.05) is 39.1 Å². The largest absolute Gasteiger partial charge is 0.378 e. The molecule has 1 fully saturated rings. The van der Waals surface area contributed by atoms with Crippen molar-refractivity contribution in [3.05, 3.63) is 29.8 Å². The number of piperidine rings is 1. The van der Waals surface area contributed by atoms with Gasteiger partial charge >= 0.3 is 0 Å². The lowest BCUT2D eigenvalue weighted by molar-refractivity contribution is 0.0649. The van der Waals surface area contributed by atoms with Gasteiger partial charge in [0, 0.05) is 44.5 Å². The normalized spacial score (nSPS) is 22.7. The highest BCUT2D eigenvalue weighted by molar-refractivity contribution is 5.95. The van der Waals surface area contributed by atoms with Crippen LogP contribution in [0.5, 0.6) is 0 Å². The maximum atomic E-state index is 12.6. The molecule has 1 heterocycles. The molecule has 0 aromatic heterocycles. The number of amides is 1. The molecule has 0 saturated carbocycles. The first-order valence-electron chi connectivity index (χ1n) is 7.27. The Labute approximate surface area is 121 Å². The molecule has 2 atom stereocenters. The molecule has 110 valence electrons. The van der Waals surface area contributed by atoms with E-state index in [1.54, 1.807) is 0 Å². The molecular formula is C16H25N3O. The van der Waals surface area contributed by atoms with Crippen LogP contribution < -0.4 is 10.2 Å². The van der Waals surface area contributed by atoms with Crippen LogP contribution in [0.25, 0.3) is 0 Å². The van der Waals surface area contributed by atoms with Crippen molar-refractivity contribution in [2.24, 2.45) is 5.92 Å². The summed E-state index contributed by atoms with van der Waals surface area (Å²) in [5.74, 6) is 0.643. The highest BCUT2D eigenvalue weighted by atomic mass is 16.2. The van der Waals surface area contributed by atoms with Gasteiger partial charge in [0.15, 0.2) is 0 Å². The Morgan fingerprint density at radius 2 is 2.15 bits per heavy atom. The minimum atomic E-state index is 0.148. The van der Waals surface area contributed by atoms with Gasteiger partial charge in [-0.25, -0.2) is 0 Å².